The highest BCUT2D eigenvalue weighted by Crippen LogP contribution is 2.06. The van der Waals surface area contributed by atoms with Gasteiger partial charge in [0.1, 0.15) is 0 Å². The molecule has 0 amide bonds. The van der Waals surface area contributed by atoms with Crippen LogP contribution in [0.15, 0.2) is 54.7 Å². The van der Waals surface area contributed by atoms with Gasteiger partial charge in [-0.25, -0.2) is 0 Å². The molecule has 1 aromatic heterocycles. The zero-order chi connectivity index (χ0) is 15.7. The lowest BCUT2D eigenvalue weighted by molar-refractivity contribution is -0.895. The average molecular weight is 301 g/mol. The van der Waals surface area contributed by atoms with Gasteiger partial charge in [0.2, 0.25) is 11.9 Å². The second-order valence-electron chi connectivity index (χ2n) is 4.09. The van der Waals surface area contributed by atoms with Gasteiger partial charge >= 0.3 is 7.25 Å². The van der Waals surface area contributed by atoms with Gasteiger partial charge in [-0.05, 0) is 18.6 Å². The number of aromatic nitrogens is 1. The Morgan fingerprint density at radius 2 is 1.52 bits per heavy atom. The maximum absolute atomic E-state index is 9.75. The summed E-state index contributed by atoms with van der Waals surface area (Å²) < 4.78 is 40.8. The normalized spacial score (nSPS) is 10.5. The van der Waals surface area contributed by atoms with Gasteiger partial charge in [0.25, 0.3) is 0 Å². The first-order valence-electron chi connectivity index (χ1n) is 6.44. The second-order valence-corrected chi connectivity index (χ2v) is 4.09. The summed E-state index contributed by atoms with van der Waals surface area (Å²) in [5.74, 6) is 0. The molecule has 0 radical (unpaired) electrons. The van der Waals surface area contributed by atoms with Gasteiger partial charge in [-0.15, -0.1) is 0 Å². The van der Waals surface area contributed by atoms with Crippen LogP contribution in [0.2, 0.25) is 0 Å². The number of rotatable bonds is 4. The van der Waals surface area contributed by atoms with Crippen LogP contribution in [0.25, 0.3) is 0 Å². The van der Waals surface area contributed by atoms with Crippen molar-refractivity contribution in [2.45, 2.75) is 13.3 Å². The highest BCUT2D eigenvalue weighted by Gasteiger charge is 2.20. The first-order chi connectivity index (χ1) is 9.90. The molecule has 2 rings (SSSR count). The third-order valence-corrected chi connectivity index (χ3v) is 2.40. The van der Waals surface area contributed by atoms with Crippen LogP contribution >= 0.6 is 0 Å². The van der Waals surface area contributed by atoms with E-state index in [1.165, 1.54) is 5.56 Å². The summed E-state index contributed by atoms with van der Waals surface area (Å²) in [5, 5.41) is 0. The van der Waals surface area contributed by atoms with E-state index in [1.807, 2.05) is 36.1 Å². The van der Waals surface area contributed by atoms with Crippen molar-refractivity contribution in [3.05, 3.63) is 66.0 Å². The van der Waals surface area contributed by atoms with Crippen LogP contribution in [0.5, 0.6) is 0 Å². The third-order valence-electron chi connectivity index (χ3n) is 2.40. The molecule has 1 heterocycles. The molecule has 0 saturated carbocycles. The van der Waals surface area contributed by atoms with E-state index in [0.29, 0.717) is 6.61 Å². The fourth-order valence-corrected chi connectivity index (χ4v) is 1.67. The largest absolute Gasteiger partial charge is 0.673 e. The van der Waals surface area contributed by atoms with Crippen molar-refractivity contribution < 1.29 is 26.8 Å². The SMILES string of the molecule is CCO[n+]1ccccc1Cc1ccccc1.F[B-](F)(F)F. The van der Waals surface area contributed by atoms with Gasteiger partial charge in [-0.2, -0.15) is 0 Å². The summed E-state index contributed by atoms with van der Waals surface area (Å²) >= 11 is 0. The fourth-order valence-electron chi connectivity index (χ4n) is 1.67. The van der Waals surface area contributed by atoms with Gasteiger partial charge in [-0.1, -0.05) is 30.3 Å². The lowest BCUT2D eigenvalue weighted by Gasteiger charge is -2.01. The molecule has 0 saturated heterocycles. The molecule has 0 aliphatic rings. The van der Waals surface area contributed by atoms with E-state index in [1.54, 1.807) is 0 Å². The Hall–Kier alpha value is -2.05. The number of pyridine rings is 1. The summed E-state index contributed by atoms with van der Waals surface area (Å²) in [5.41, 5.74) is 2.46. The molecule has 21 heavy (non-hydrogen) atoms. The van der Waals surface area contributed by atoms with Crippen LogP contribution in [0, 0.1) is 0 Å². The molecule has 0 N–H and O–H groups in total. The Kier molecular flexibility index (Phi) is 6.71. The molecule has 0 unspecified atom stereocenters. The van der Waals surface area contributed by atoms with E-state index in [0.717, 1.165) is 12.1 Å². The zero-order valence-electron chi connectivity index (χ0n) is 11.6. The molecular weight excluding hydrogens is 285 g/mol. The molecule has 114 valence electrons. The Labute approximate surface area is 121 Å². The summed E-state index contributed by atoms with van der Waals surface area (Å²) in [7, 11) is -6.00. The van der Waals surface area contributed by atoms with E-state index in [-0.39, 0.29) is 0 Å². The molecule has 0 atom stereocenters. The predicted octanol–water partition coefficient (Wildman–Crippen LogP) is 3.31. The predicted molar refractivity (Wildman–Crippen MR) is 73.2 cm³/mol. The van der Waals surface area contributed by atoms with Crippen molar-refractivity contribution in [2.75, 3.05) is 6.61 Å². The Bertz CT molecular complexity index is 528. The van der Waals surface area contributed by atoms with E-state index in [2.05, 4.69) is 30.3 Å². The molecule has 0 aliphatic heterocycles. The molecule has 0 spiro atoms. The molecular formula is C14H16BF4NO. The van der Waals surface area contributed by atoms with Crippen LogP contribution in [0.1, 0.15) is 18.2 Å². The average Bonchev–Trinajstić information content (AvgIpc) is 2.41. The van der Waals surface area contributed by atoms with Crippen molar-refractivity contribution in [2.24, 2.45) is 0 Å². The molecule has 0 fully saturated rings. The van der Waals surface area contributed by atoms with E-state index in [4.69, 9.17) is 4.84 Å². The molecule has 2 nitrogen and oxygen atoms in total. The summed E-state index contributed by atoms with van der Waals surface area (Å²) in [6, 6.07) is 16.5. The highest BCUT2D eigenvalue weighted by atomic mass is 19.5. The number of halogens is 4. The summed E-state index contributed by atoms with van der Waals surface area (Å²) in [4.78, 5) is 5.53. The molecule has 0 aliphatic carbocycles. The van der Waals surface area contributed by atoms with Crippen LogP contribution < -0.4 is 9.57 Å². The maximum Gasteiger partial charge on any atom is 0.673 e. The molecule has 0 bridgehead atoms. The van der Waals surface area contributed by atoms with Crippen molar-refractivity contribution in [1.29, 1.82) is 0 Å². The molecule has 7 heteroatoms. The summed E-state index contributed by atoms with van der Waals surface area (Å²) in [6.45, 7) is 2.67. The monoisotopic (exact) mass is 301 g/mol. The van der Waals surface area contributed by atoms with Gasteiger partial charge in [0, 0.05) is 16.9 Å². The second kappa shape index (κ2) is 8.29. The minimum atomic E-state index is -6.00. The third kappa shape index (κ3) is 7.96. The number of hydrogen-bond acceptors (Lipinski definition) is 1. The van der Waals surface area contributed by atoms with Gasteiger partial charge in [0.05, 0.1) is 6.42 Å². The Morgan fingerprint density at radius 3 is 2.10 bits per heavy atom. The van der Waals surface area contributed by atoms with Gasteiger partial charge < -0.3 is 17.3 Å². The van der Waals surface area contributed by atoms with Crippen molar-refractivity contribution >= 4 is 7.25 Å². The molecule has 2 aromatic rings. The van der Waals surface area contributed by atoms with Crippen molar-refractivity contribution in [3.63, 3.8) is 0 Å². The highest BCUT2D eigenvalue weighted by molar-refractivity contribution is 6.50. The minimum Gasteiger partial charge on any atom is -0.418 e. The van der Waals surface area contributed by atoms with Crippen LogP contribution in [-0.4, -0.2) is 13.9 Å². The fraction of sp³-hybridized carbons (Fsp3) is 0.214. The van der Waals surface area contributed by atoms with Crippen LogP contribution in [0.4, 0.5) is 17.3 Å². The van der Waals surface area contributed by atoms with Crippen LogP contribution in [0.3, 0.4) is 0 Å². The standard InChI is InChI=1S/C14H16NO.BF4/c1-2-16-15-11-7-6-10-14(15)12-13-8-4-3-5-9-13;2-1(3,4)5/h3-11H,2,12H2,1H3;/q+1;-1. The van der Waals surface area contributed by atoms with Gasteiger partial charge in [0.15, 0.2) is 6.61 Å². The Balaban J connectivity index is 0.000000383. The maximum atomic E-state index is 9.75. The zero-order valence-corrected chi connectivity index (χ0v) is 11.6. The number of benzene rings is 1. The topological polar surface area (TPSA) is 13.1 Å². The van der Waals surface area contributed by atoms with E-state index >= 15 is 0 Å². The lowest BCUT2D eigenvalue weighted by atomic mass is 10.1. The number of nitrogens with zero attached hydrogens (tertiary/aromatic N) is 1. The molecule has 1 aromatic carbocycles. The lowest BCUT2D eigenvalue weighted by Crippen LogP contribution is -2.45. The quantitative estimate of drug-likeness (QED) is 0.480. The van der Waals surface area contributed by atoms with Crippen LogP contribution in [-0.2, 0) is 6.42 Å². The van der Waals surface area contributed by atoms with E-state index < -0.39 is 7.25 Å². The Morgan fingerprint density at radius 1 is 0.952 bits per heavy atom. The first kappa shape index (κ1) is 17.0. The van der Waals surface area contributed by atoms with Gasteiger partial charge in [-0.3, -0.25) is 4.84 Å². The number of hydrogen-bond donors (Lipinski definition) is 0. The first-order valence-corrected chi connectivity index (χ1v) is 6.44. The summed E-state index contributed by atoms with van der Waals surface area (Å²) in [6.07, 6.45) is 2.84. The van der Waals surface area contributed by atoms with Crippen molar-refractivity contribution in [1.82, 2.24) is 0 Å². The van der Waals surface area contributed by atoms with Crippen molar-refractivity contribution in [3.8, 4) is 0 Å². The van der Waals surface area contributed by atoms with E-state index in [9.17, 15) is 17.3 Å². The minimum absolute atomic E-state index is 0.677. The smallest absolute Gasteiger partial charge is 0.418 e.